The molecule has 0 spiro atoms. The summed E-state index contributed by atoms with van der Waals surface area (Å²) in [5.74, 6) is -2.86. The van der Waals surface area contributed by atoms with Gasteiger partial charge in [-0.1, -0.05) is 0 Å². The number of halogens is 3. The number of hydrogen-bond donors (Lipinski definition) is 1. The molecular formula is C28H32F3N3O3. The Labute approximate surface area is 214 Å². The second kappa shape index (κ2) is 11.2. The van der Waals surface area contributed by atoms with Crippen molar-refractivity contribution in [2.45, 2.75) is 50.5 Å². The quantitative estimate of drug-likeness (QED) is 0.442. The Morgan fingerprint density at radius 3 is 2.49 bits per heavy atom. The van der Waals surface area contributed by atoms with Gasteiger partial charge in [-0.05, 0) is 92.8 Å². The number of furan rings is 1. The first-order valence-electron chi connectivity index (χ1n) is 13.0. The van der Waals surface area contributed by atoms with Crippen molar-refractivity contribution in [2.75, 3.05) is 32.8 Å². The van der Waals surface area contributed by atoms with E-state index in [1.807, 2.05) is 12.5 Å². The van der Waals surface area contributed by atoms with Crippen molar-refractivity contribution in [3.05, 3.63) is 58.6 Å². The standard InChI is InChI=1S/C28H32F3N3O3/c29-23-14-18(15-24(30)27(23)31)3-4-26(36)34-12-7-20(8-13-34)25(16-35)33-10-5-19(6-11-33)22-17-37-28-21(22)2-1-9-32-28/h3-4,9,14-15,17,19-20,25,35H,1-2,5-8,10-13,16H2/b4-3+. The second-order valence-corrected chi connectivity index (χ2v) is 10.2. The lowest BCUT2D eigenvalue weighted by Gasteiger charge is -2.43. The van der Waals surface area contributed by atoms with Gasteiger partial charge in [0.15, 0.2) is 17.5 Å². The van der Waals surface area contributed by atoms with E-state index in [4.69, 9.17) is 4.42 Å². The number of aliphatic hydroxyl groups is 1. The zero-order valence-electron chi connectivity index (χ0n) is 20.7. The van der Waals surface area contributed by atoms with Crippen LogP contribution >= 0.6 is 0 Å². The number of piperidine rings is 2. The fourth-order valence-corrected chi connectivity index (χ4v) is 6.00. The van der Waals surface area contributed by atoms with Gasteiger partial charge in [0.05, 0.1) is 12.9 Å². The summed E-state index contributed by atoms with van der Waals surface area (Å²) in [6.07, 6.45) is 11.9. The number of hydrogen-bond acceptors (Lipinski definition) is 5. The van der Waals surface area contributed by atoms with Crippen molar-refractivity contribution in [1.82, 2.24) is 9.80 Å². The number of benzene rings is 1. The molecule has 1 amide bonds. The molecule has 1 aromatic heterocycles. The van der Waals surface area contributed by atoms with Gasteiger partial charge < -0.3 is 14.4 Å². The molecule has 6 nitrogen and oxygen atoms in total. The summed E-state index contributed by atoms with van der Waals surface area (Å²) < 4.78 is 45.6. The predicted octanol–water partition coefficient (Wildman–Crippen LogP) is 4.84. The van der Waals surface area contributed by atoms with Crippen LogP contribution in [0.4, 0.5) is 19.1 Å². The Hall–Kier alpha value is -2.91. The van der Waals surface area contributed by atoms with Crippen LogP contribution in [0.3, 0.4) is 0 Å². The summed E-state index contributed by atoms with van der Waals surface area (Å²) in [5.41, 5.74) is 2.63. The number of rotatable bonds is 6. The highest BCUT2D eigenvalue weighted by Crippen LogP contribution is 2.39. The third kappa shape index (κ3) is 5.52. The highest BCUT2D eigenvalue weighted by Gasteiger charge is 2.34. The minimum Gasteiger partial charge on any atom is -0.446 e. The van der Waals surface area contributed by atoms with Gasteiger partial charge in [-0.3, -0.25) is 9.69 Å². The molecule has 2 aromatic rings. The van der Waals surface area contributed by atoms with Crippen molar-refractivity contribution in [3.8, 4) is 0 Å². The minimum absolute atomic E-state index is 0.0572. The van der Waals surface area contributed by atoms with E-state index in [9.17, 15) is 23.1 Å². The maximum atomic E-state index is 13.4. The molecule has 5 rings (SSSR count). The number of aliphatic hydroxyl groups excluding tert-OH is 1. The topological polar surface area (TPSA) is 69.3 Å². The summed E-state index contributed by atoms with van der Waals surface area (Å²) in [5, 5.41) is 10.2. The monoisotopic (exact) mass is 515 g/mol. The number of fused-ring (bicyclic) bond motifs is 1. The summed E-state index contributed by atoms with van der Waals surface area (Å²) in [6.45, 7) is 3.00. The molecule has 1 aromatic carbocycles. The van der Waals surface area contributed by atoms with Gasteiger partial charge in [0, 0.05) is 37.0 Å². The number of likely N-dealkylation sites (tertiary alicyclic amines) is 2. The first-order valence-corrected chi connectivity index (χ1v) is 13.0. The Morgan fingerprint density at radius 2 is 1.81 bits per heavy atom. The minimum atomic E-state index is -1.52. The molecule has 1 N–H and O–H groups in total. The van der Waals surface area contributed by atoms with Crippen LogP contribution in [0, 0.1) is 23.4 Å². The van der Waals surface area contributed by atoms with Crippen molar-refractivity contribution in [1.29, 1.82) is 0 Å². The number of aliphatic imine (C=N–C) groups is 1. The Bertz CT molecular complexity index is 1160. The largest absolute Gasteiger partial charge is 0.446 e. The summed E-state index contributed by atoms with van der Waals surface area (Å²) in [6, 6.07) is 1.78. The molecule has 0 radical (unpaired) electrons. The zero-order chi connectivity index (χ0) is 25.9. The number of nitrogens with zero attached hydrogens (tertiary/aromatic N) is 3. The lowest BCUT2D eigenvalue weighted by Crippen LogP contribution is -2.50. The van der Waals surface area contributed by atoms with Crippen LogP contribution in [-0.4, -0.2) is 65.9 Å². The highest BCUT2D eigenvalue weighted by molar-refractivity contribution is 5.91. The van der Waals surface area contributed by atoms with E-state index in [1.165, 1.54) is 23.3 Å². The molecule has 0 bridgehead atoms. The van der Waals surface area contributed by atoms with Crippen LogP contribution in [0.15, 0.2) is 33.9 Å². The molecule has 4 heterocycles. The molecule has 0 aliphatic carbocycles. The van der Waals surface area contributed by atoms with Gasteiger partial charge in [0.2, 0.25) is 11.8 Å². The van der Waals surface area contributed by atoms with E-state index in [2.05, 4.69) is 9.89 Å². The molecule has 37 heavy (non-hydrogen) atoms. The molecule has 3 aliphatic rings. The molecule has 3 aliphatic heterocycles. The number of amides is 1. The first kappa shape index (κ1) is 25.7. The van der Waals surface area contributed by atoms with E-state index in [0.717, 1.165) is 69.6 Å². The summed E-state index contributed by atoms with van der Waals surface area (Å²) in [4.78, 5) is 21.1. The SMILES string of the molecule is O=C(/C=C/c1cc(F)c(F)c(F)c1)N1CCC(C(CO)N2CCC(c3coc4c3CCC=N4)CC2)CC1. The van der Waals surface area contributed by atoms with E-state index >= 15 is 0 Å². The van der Waals surface area contributed by atoms with E-state index in [1.54, 1.807) is 4.90 Å². The van der Waals surface area contributed by atoms with Crippen molar-refractivity contribution in [3.63, 3.8) is 0 Å². The van der Waals surface area contributed by atoms with Gasteiger partial charge in [-0.15, -0.1) is 0 Å². The van der Waals surface area contributed by atoms with Gasteiger partial charge >= 0.3 is 0 Å². The molecule has 1 unspecified atom stereocenters. The zero-order valence-corrected chi connectivity index (χ0v) is 20.7. The van der Waals surface area contributed by atoms with E-state index in [-0.39, 0.29) is 30.0 Å². The average molecular weight is 516 g/mol. The third-order valence-electron chi connectivity index (χ3n) is 8.08. The Morgan fingerprint density at radius 1 is 1.11 bits per heavy atom. The van der Waals surface area contributed by atoms with Crippen molar-refractivity contribution < 1.29 is 27.5 Å². The molecule has 0 saturated carbocycles. The van der Waals surface area contributed by atoms with Crippen LogP contribution < -0.4 is 0 Å². The first-order chi connectivity index (χ1) is 17.9. The molecular weight excluding hydrogens is 483 g/mol. The Kier molecular flexibility index (Phi) is 7.81. The van der Waals surface area contributed by atoms with Crippen LogP contribution in [0.5, 0.6) is 0 Å². The molecule has 2 saturated heterocycles. The molecule has 198 valence electrons. The fourth-order valence-electron chi connectivity index (χ4n) is 6.00. The van der Waals surface area contributed by atoms with Crippen LogP contribution in [0.2, 0.25) is 0 Å². The van der Waals surface area contributed by atoms with Gasteiger partial charge in [0.1, 0.15) is 0 Å². The van der Waals surface area contributed by atoms with Crippen molar-refractivity contribution >= 4 is 24.1 Å². The molecule has 2 fully saturated rings. The van der Waals surface area contributed by atoms with Crippen LogP contribution in [0.25, 0.3) is 6.08 Å². The van der Waals surface area contributed by atoms with Gasteiger partial charge in [0.25, 0.3) is 0 Å². The second-order valence-electron chi connectivity index (χ2n) is 10.2. The number of carbonyl (C=O) groups excluding carboxylic acids is 1. The Balaban J connectivity index is 1.13. The predicted molar refractivity (Wildman–Crippen MR) is 134 cm³/mol. The van der Waals surface area contributed by atoms with Crippen LogP contribution in [-0.2, 0) is 11.2 Å². The maximum Gasteiger partial charge on any atom is 0.246 e. The van der Waals surface area contributed by atoms with E-state index in [0.29, 0.717) is 19.0 Å². The normalized spacial score (nSPS) is 20.5. The fraction of sp³-hybridized carbons (Fsp3) is 0.500. The highest BCUT2D eigenvalue weighted by atomic mass is 19.2. The smallest absolute Gasteiger partial charge is 0.246 e. The van der Waals surface area contributed by atoms with Crippen LogP contribution in [0.1, 0.15) is 54.7 Å². The maximum absolute atomic E-state index is 13.4. The van der Waals surface area contributed by atoms with E-state index < -0.39 is 17.5 Å². The number of carbonyl (C=O) groups is 1. The molecule has 9 heteroatoms. The lowest BCUT2D eigenvalue weighted by atomic mass is 9.84. The third-order valence-corrected chi connectivity index (χ3v) is 8.08. The van der Waals surface area contributed by atoms with Crippen molar-refractivity contribution in [2.24, 2.45) is 10.9 Å². The lowest BCUT2D eigenvalue weighted by molar-refractivity contribution is -0.127. The summed E-state index contributed by atoms with van der Waals surface area (Å²) >= 11 is 0. The van der Waals surface area contributed by atoms with Gasteiger partial charge in [-0.25, -0.2) is 18.2 Å². The summed E-state index contributed by atoms with van der Waals surface area (Å²) in [7, 11) is 0. The average Bonchev–Trinajstić information content (AvgIpc) is 3.36. The molecule has 1 atom stereocenters. The van der Waals surface area contributed by atoms with Gasteiger partial charge in [-0.2, -0.15) is 0 Å².